The molecule has 0 fully saturated rings. The van der Waals surface area contributed by atoms with Crippen LogP contribution in [-0.4, -0.2) is 30.8 Å². The summed E-state index contributed by atoms with van der Waals surface area (Å²) in [6.45, 7) is 1.37. The van der Waals surface area contributed by atoms with Gasteiger partial charge in [0.15, 0.2) is 10.9 Å². The van der Waals surface area contributed by atoms with Crippen LogP contribution < -0.4 is 4.72 Å². The molecule has 0 saturated heterocycles. The van der Waals surface area contributed by atoms with Gasteiger partial charge in [-0.15, -0.1) is 22.9 Å². The Morgan fingerprint density at radius 3 is 2.80 bits per heavy atom. The van der Waals surface area contributed by atoms with Crippen molar-refractivity contribution in [3.63, 3.8) is 0 Å². The summed E-state index contributed by atoms with van der Waals surface area (Å²) in [5, 5.41) is 1.69. The number of Topliss-reactive ketones (excluding diaryl/α,β-unsaturated/α-hetero) is 1. The maximum atomic E-state index is 11.3. The molecule has 0 aliphatic rings. The third-order valence-corrected chi connectivity index (χ3v) is 4.00. The molecule has 1 N–H and O–H groups in total. The number of carbonyl (C=O) groups is 1. The quantitative estimate of drug-likeness (QED) is 0.646. The highest BCUT2D eigenvalue weighted by Crippen LogP contribution is 2.17. The summed E-state index contributed by atoms with van der Waals surface area (Å²) in [7, 11) is -3.44. The number of hydrogen-bond acceptors (Lipinski definition) is 5. The predicted molar refractivity (Wildman–Crippen MR) is 60.2 cm³/mol. The van der Waals surface area contributed by atoms with E-state index < -0.39 is 10.0 Å². The van der Waals surface area contributed by atoms with Crippen molar-refractivity contribution >= 4 is 43.9 Å². The average molecular weight is 269 g/mol. The van der Waals surface area contributed by atoms with E-state index in [1.54, 1.807) is 0 Å². The monoisotopic (exact) mass is 268 g/mol. The third kappa shape index (κ3) is 3.77. The second-order valence-electron chi connectivity index (χ2n) is 2.70. The van der Waals surface area contributed by atoms with Crippen LogP contribution in [0.3, 0.4) is 0 Å². The van der Waals surface area contributed by atoms with E-state index in [0.717, 1.165) is 11.3 Å². The van der Waals surface area contributed by atoms with Gasteiger partial charge in [0.05, 0.1) is 5.75 Å². The Morgan fingerprint density at radius 1 is 1.67 bits per heavy atom. The smallest absolute Gasteiger partial charge is 0.235 e. The summed E-state index contributed by atoms with van der Waals surface area (Å²) in [4.78, 5) is 14.7. The fourth-order valence-corrected chi connectivity index (χ4v) is 3.16. The van der Waals surface area contributed by atoms with Gasteiger partial charge in [-0.3, -0.25) is 9.52 Å². The molecule has 1 rings (SSSR count). The van der Waals surface area contributed by atoms with Gasteiger partial charge >= 0.3 is 0 Å². The molecular formula is C7H9ClN2O3S2. The minimum atomic E-state index is -3.44. The second kappa shape index (κ2) is 4.91. The van der Waals surface area contributed by atoms with Crippen LogP contribution in [0.4, 0.5) is 5.13 Å². The lowest BCUT2D eigenvalue weighted by Gasteiger charge is -2.01. The van der Waals surface area contributed by atoms with Crippen LogP contribution in [0.25, 0.3) is 0 Å². The highest BCUT2D eigenvalue weighted by Gasteiger charge is 2.13. The molecule has 0 saturated carbocycles. The van der Waals surface area contributed by atoms with Crippen LogP contribution in [-0.2, 0) is 10.0 Å². The SMILES string of the molecule is CC(=O)c1csc(NS(=O)(=O)CCCl)n1. The molecule has 0 bridgehead atoms. The summed E-state index contributed by atoms with van der Waals surface area (Å²) in [5.41, 5.74) is 0.253. The first-order chi connectivity index (χ1) is 6.94. The maximum absolute atomic E-state index is 11.3. The van der Waals surface area contributed by atoms with E-state index in [1.807, 2.05) is 0 Å². The predicted octanol–water partition coefficient (Wildman–Crippen LogP) is 1.33. The number of anilines is 1. The molecule has 5 nitrogen and oxygen atoms in total. The molecule has 1 aromatic rings. The number of thiazole rings is 1. The van der Waals surface area contributed by atoms with E-state index in [0.29, 0.717) is 0 Å². The topological polar surface area (TPSA) is 76.1 Å². The van der Waals surface area contributed by atoms with Crippen LogP contribution in [0.1, 0.15) is 17.4 Å². The Labute approximate surface area is 96.5 Å². The van der Waals surface area contributed by atoms with Crippen molar-refractivity contribution in [2.24, 2.45) is 0 Å². The van der Waals surface area contributed by atoms with E-state index in [-0.39, 0.29) is 28.2 Å². The van der Waals surface area contributed by atoms with Gasteiger partial charge in [0.1, 0.15) is 5.69 Å². The Kier molecular flexibility index (Phi) is 4.06. The molecule has 1 aromatic heterocycles. The molecule has 0 atom stereocenters. The normalized spacial score (nSPS) is 11.3. The fourth-order valence-electron chi connectivity index (χ4n) is 0.768. The summed E-state index contributed by atoms with van der Waals surface area (Å²) < 4.78 is 24.8. The molecule has 15 heavy (non-hydrogen) atoms. The molecule has 0 aromatic carbocycles. The van der Waals surface area contributed by atoms with Gasteiger partial charge in [0.25, 0.3) is 0 Å². The first-order valence-corrected chi connectivity index (χ1v) is 7.04. The van der Waals surface area contributed by atoms with E-state index in [9.17, 15) is 13.2 Å². The Hall–Kier alpha value is -0.660. The highest BCUT2D eigenvalue weighted by molar-refractivity contribution is 7.92. The van der Waals surface area contributed by atoms with Gasteiger partial charge in [-0.2, -0.15) is 0 Å². The lowest BCUT2D eigenvalue weighted by Crippen LogP contribution is -2.17. The van der Waals surface area contributed by atoms with E-state index >= 15 is 0 Å². The van der Waals surface area contributed by atoms with Crippen molar-refractivity contribution in [3.8, 4) is 0 Å². The van der Waals surface area contributed by atoms with Crippen molar-refractivity contribution in [2.45, 2.75) is 6.92 Å². The number of aromatic nitrogens is 1. The molecule has 0 amide bonds. The number of alkyl halides is 1. The fraction of sp³-hybridized carbons (Fsp3) is 0.429. The molecule has 0 radical (unpaired) electrons. The minimum Gasteiger partial charge on any atom is -0.293 e. The summed E-state index contributed by atoms with van der Waals surface area (Å²) >= 11 is 6.38. The van der Waals surface area contributed by atoms with Crippen molar-refractivity contribution in [1.82, 2.24) is 4.98 Å². The maximum Gasteiger partial charge on any atom is 0.235 e. The summed E-state index contributed by atoms with van der Waals surface area (Å²) in [6, 6.07) is 0. The minimum absolute atomic E-state index is 0.0142. The number of carbonyl (C=O) groups excluding carboxylic acids is 1. The van der Waals surface area contributed by atoms with Crippen LogP contribution in [0.5, 0.6) is 0 Å². The Balaban J connectivity index is 2.77. The second-order valence-corrected chi connectivity index (χ2v) is 5.78. The number of nitrogens with one attached hydrogen (secondary N) is 1. The van der Waals surface area contributed by atoms with Gasteiger partial charge in [0, 0.05) is 18.2 Å². The van der Waals surface area contributed by atoms with E-state index in [1.165, 1.54) is 12.3 Å². The molecule has 0 aliphatic carbocycles. The van der Waals surface area contributed by atoms with Crippen molar-refractivity contribution in [1.29, 1.82) is 0 Å². The molecule has 0 aliphatic heterocycles. The van der Waals surface area contributed by atoms with Gasteiger partial charge in [0.2, 0.25) is 10.0 Å². The summed E-state index contributed by atoms with van der Waals surface area (Å²) in [6.07, 6.45) is 0. The number of nitrogens with zero attached hydrogens (tertiary/aromatic N) is 1. The van der Waals surface area contributed by atoms with Crippen LogP contribution in [0.2, 0.25) is 0 Å². The zero-order valence-corrected chi connectivity index (χ0v) is 10.2. The Bertz CT molecular complexity index is 455. The third-order valence-electron chi connectivity index (χ3n) is 1.45. The van der Waals surface area contributed by atoms with Crippen LogP contribution >= 0.6 is 22.9 Å². The van der Waals surface area contributed by atoms with Crippen molar-refractivity contribution in [2.75, 3.05) is 16.4 Å². The summed E-state index contributed by atoms with van der Waals surface area (Å²) in [5.74, 6) is -0.363. The highest BCUT2D eigenvalue weighted by atomic mass is 35.5. The van der Waals surface area contributed by atoms with Crippen molar-refractivity contribution in [3.05, 3.63) is 11.1 Å². The van der Waals surface area contributed by atoms with Gasteiger partial charge in [-0.25, -0.2) is 13.4 Å². The average Bonchev–Trinajstić information content (AvgIpc) is 2.51. The lowest BCUT2D eigenvalue weighted by atomic mass is 10.4. The van der Waals surface area contributed by atoms with E-state index in [2.05, 4.69) is 9.71 Å². The lowest BCUT2D eigenvalue weighted by molar-refractivity contribution is 0.101. The number of sulfonamides is 1. The van der Waals surface area contributed by atoms with Gasteiger partial charge < -0.3 is 0 Å². The standard InChI is InChI=1S/C7H9ClN2O3S2/c1-5(11)6-4-14-7(9-6)10-15(12,13)3-2-8/h4H,2-3H2,1H3,(H,9,10). The number of halogens is 1. The first kappa shape index (κ1) is 12.4. The van der Waals surface area contributed by atoms with Gasteiger partial charge in [-0.1, -0.05) is 0 Å². The van der Waals surface area contributed by atoms with Gasteiger partial charge in [-0.05, 0) is 0 Å². The van der Waals surface area contributed by atoms with Crippen molar-refractivity contribution < 1.29 is 13.2 Å². The zero-order chi connectivity index (χ0) is 11.5. The number of rotatable bonds is 5. The van der Waals surface area contributed by atoms with Crippen LogP contribution in [0.15, 0.2) is 5.38 Å². The molecule has 0 spiro atoms. The molecule has 8 heteroatoms. The molecular weight excluding hydrogens is 260 g/mol. The molecule has 84 valence electrons. The first-order valence-electron chi connectivity index (χ1n) is 3.97. The van der Waals surface area contributed by atoms with Crippen LogP contribution in [0, 0.1) is 0 Å². The zero-order valence-electron chi connectivity index (χ0n) is 7.86. The number of hydrogen-bond donors (Lipinski definition) is 1. The number of ketones is 1. The molecule has 0 unspecified atom stereocenters. The molecule has 1 heterocycles. The Morgan fingerprint density at radius 2 is 2.33 bits per heavy atom. The van der Waals surface area contributed by atoms with E-state index in [4.69, 9.17) is 11.6 Å². The largest absolute Gasteiger partial charge is 0.293 e.